The molecule has 0 spiro atoms. The molecule has 2 rings (SSSR count). The van der Waals surface area contributed by atoms with Gasteiger partial charge in [-0.1, -0.05) is 74.0 Å². The van der Waals surface area contributed by atoms with Crippen molar-refractivity contribution in [1.29, 1.82) is 0 Å². The van der Waals surface area contributed by atoms with Gasteiger partial charge in [-0.15, -0.1) is 11.4 Å². The minimum absolute atomic E-state index is 0.556. The van der Waals surface area contributed by atoms with E-state index in [9.17, 15) is 0 Å². The summed E-state index contributed by atoms with van der Waals surface area (Å²) in [5.74, 6) is 0. The molecule has 0 heterocycles. The second-order valence-electron chi connectivity index (χ2n) is 4.20. The molecule has 2 aromatic rings. The molecule has 0 aliphatic rings. The molecule has 21 heavy (non-hydrogen) atoms. The number of hydrogen-bond donors (Lipinski definition) is 0. The standard InChI is InChI=1S/C15H17N3.2ClH.Ti/c1-18(12-16-14-8-4-2-5-9-14)13-17-15-10-6-3-7-11-15;;;/h2-11H,12-13H2,1H3;2*1H;/q-2;;;+2/p-2. The van der Waals surface area contributed by atoms with E-state index in [-0.39, 0.29) is 0 Å². The molecular formula is C15H17Cl2N3Ti-2. The maximum atomic E-state index is 4.89. The van der Waals surface area contributed by atoms with Gasteiger partial charge in [0, 0.05) is 0 Å². The van der Waals surface area contributed by atoms with E-state index in [1.165, 1.54) is 0 Å². The molecule has 0 N–H and O–H groups in total. The first-order valence-electron chi connectivity index (χ1n) is 6.36. The number of halogens is 2. The van der Waals surface area contributed by atoms with Gasteiger partial charge in [0.15, 0.2) is 0 Å². The van der Waals surface area contributed by atoms with Crippen molar-refractivity contribution in [3.63, 3.8) is 0 Å². The summed E-state index contributed by atoms with van der Waals surface area (Å²) in [6.07, 6.45) is 0. The van der Waals surface area contributed by atoms with Crippen LogP contribution in [0.25, 0.3) is 10.6 Å². The number of hydrogen-bond acceptors (Lipinski definition) is 1. The summed E-state index contributed by atoms with van der Waals surface area (Å²) in [4.78, 5) is 2.07. The topological polar surface area (TPSA) is 31.4 Å². The van der Waals surface area contributed by atoms with Crippen molar-refractivity contribution in [3.8, 4) is 0 Å². The number of para-hydroxylation sites is 2. The molecule has 0 bridgehead atoms. The molecule has 0 fully saturated rings. The SMILES string of the molecule is CN(C[N-]c1ccccc1)C[N-]c1ccccc1.[Cl][Ti][Cl]. The molecule has 0 aliphatic heterocycles. The van der Waals surface area contributed by atoms with Gasteiger partial charge in [0.25, 0.3) is 0 Å². The summed E-state index contributed by atoms with van der Waals surface area (Å²) < 4.78 is 0. The van der Waals surface area contributed by atoms with Crippen LogP contribution in [-0.2, 0) is 17.0 Å². The molecule has 0 aliphatic carbocycles. The molecule has 0 amide bonds. The Morgan fingerprint density at radius 3 is 1.48 bits per heavy atom. The zero-order valence-electron chi connectivity index (χ0n) is 11.8. The van der Waals surface area contributed by atoms with Crippen LogP contribution in [-0.4, -0.2) is 25.3 Å². The Balaban J connectivity index is 0.000000677. The monoisotopic (exact) mass is 357 g/mol. The summed E-state index contributed by atoms with van der Waals surface area (Å²) in [7, 11) is 11.8. The third-order valence-corrected chi connectivity index (χ3v) is 2.50. The van der Waals surface area contributed by atoms with E-state index >= 15 is 0 Å². The van der Waals surface area contributed by atoms with Gasteiger partial charge in [0.1, 0.15) is 0 Å². The fraction of sp³-hybridized carbons (Fsp3) is 0.200. The summed E-state index contributed by atoms with van der Waals surface area (Å²) in [5, 5.41) is 8.97. The van der Waals surface area contributed by atoms with Crippen LogP contribution in [0.2, 0.25) is 0 Å². The first-order valence-corrected chi connectivity index (χ1v) is 10.7. The van der Waals surface area contributed by atoms with E-state index in [0.717, 1.165) is 11.4 Å². The molecule has 0 saturated heterocycles. The zero-order chi connectivity index (χ0) is 15.3. The molecule has 0 aromatic heterocycles. The summed E-state index contributed by atoms with van der Waals surface area (Å²) in [6, 6.07) is 20.0. The first kappa shape index (κ1) is 18.3. The van der Waals surface area contributed by atoms with Crippen LogP contribution in [0.5, 0.6) is 0 Å². The third kappa shape index (κ3) is 9.02. The van der Waals surface area contributed by atoms with Crippen LogP contribution in [0.15, 0.2) is 60.7 Å². The summed E-state index contributed by atoms with van der Waals surface area (Å²) in [5.41, 5.74) is 2.01. The van der Waals surface area contributed by atoms with Crippen LogP contribution in [0.1, 0.15) is 0 Å². The third-order valence-electron chi connectivity index (χ3n) is 2.50. The van der Waals surface area contributed by atoms with Gasteiger partial charge in [-0.2, -0.15) is 0 Å². The molecule has 6 heteroatoms. The average Bonchev–Trinajstić information content (AvgIpc) is 2.54. The summed E-state index contributed by atoms with van der Waals surface area (Å²) in [6.45, 7) is 1.31. The Morgan fingerprint density at radius 2 is 1.14 bits per heavy atom. The minimum atomic E-state index is -0.556. The number of rotatable bonds is 6. The Kier molecular flexibility index (Phi) is 10.4. The van der Waals surface area contributed by atoms with Crippen LogP contribution in [0, 0.1) is 0 Å². The van der Waals surface area contributed by atoms with Crippen molar-refractivity contribution in [3.05, 3.63) is 71.3 Å². The fourth-order valence-electron chi connectivity index (χ4n) is 1.52. The van der Waals surface area contributed by atoms with Gasteiger partial charge in [0.2, 0.25) is 0 Å². The molecule has 3 nitrogen and oxygen atoms in total. The van der Waals surface area contributed by atoms with Crippen molar-refractivity contribution in [2.75, 3.05) is 20.4 Å². The van der Waals surface area contributed by atoms with Crippen molar-refractivity contribution >= 4 is 30.0 Å². The van der Waals surface area contributed by atoms with Crippen LogP contribution in [0.3, 0.4) is 0 Å². The quantitative estimate of drug-likeness (QED) is 0.617. The van der Waals surface area contributed by atoms with Crippen molar-refractivity contribution < 1.29 is 17.0 Å². The van der Waals surface area contributed by atoms with E-state index in [1.807, 2.05) is 67.7 Å². The van der Waals surface area contributed by atoms with E-state index in [4.69, 9.17) is 18.6 Å². The zero-order valence-corrected chi connectivity index (χ0v) is 14.9. The molecule has 0 radical (unpaired) electrons. The Morgan fingerprint density at radius 1 is 0.810 bits per heavy atom. The second-order valence-corrected chi connectivity index (χ2v) is 6.78. The molecule has 0 unspecified atom stereocenters. The van der Waals surface area contributed by atoms with E-state index in [1.54, 1.807) is 0 Å². The van der Waals surface area contributed by atoms with Gasteiger partial charge in [-0.05, 0) is 7.05 Å². The maximum absolute atomic E-state index is 4.89. The fourth-order valence-corrected chi connectivity index (χ4v) is 1.52. The van der Waals surface area contributed by atoms with E-state index in [2.05, 4.69) is 15.5 Å². The molecule has 2 aromatic carbocycles. The Hall–Kier alpha value is -0.706. The molecule has 112 valence electrons. The number of nitrogens with zero attached hydrogens (tertiary/aromatic N) is 3. The van der Waals surface area contributed by atoms with Gasteiger partial charge in [-0.25, -0.2) is 0 Å². The molecular weight excluding hydrogens is 341 g/mol. The van der Waals surface area contributed by atoms with Gasteiger partial charge >= 0.3 is 35.6 Å². The second kappa shape index (κ2) is 11.9. The van der Waals surface area contributed by atoms with Gasteiger partial charge < -0.3 is 15.5 Å². The van der Waals surface area contributed by atoms with Gasteiger partial charge in [-0.3, -0.25) is 0 Å². The number of benzene rings is 2. The van der Waals surface area contributed by atoms with Crippen LogP contribution in [0.4, 0.5) is 11.4 Å². The molecule has 0 atom stereocenters. The van der Waals surface area contributed by atoms with Crippen molar-refractivity contribution in [1.82, 2.24) is 4.90 Å². The summed E-state index contributed by atoms with van der Waals surface area (Å²) >= 11 is -0.556. The van der Waals surface area contributed by atoms with Crippen LogP contribution < -0.4 is 0 Å². The molecule has 0 saturated carbocycles. The van der Waals surface area contributed by atoms with E-state index in [0.29, 0.717) is 13.3 Å². The predicted molar refractivity (Wildman–Crippen MR) is 88.1 cm³/mol. The average molecular weight is 358 g/mol. The Labute approximate surface area is 143 Å². The Bertz CT molecular complexity index is 427. The predicted octanol–water partition coefficient (Wildman–Crippen LogP) is 5.62. The first-order chi connectivity index (χ1) is 10.3. The van der Waals surface area contributed by atoms with E-state index < -0.39 is 17.0 Å². The van der Waals surface area contributed by atoms with Crippen molar-refractivity contribution in [2.45, 2.75) is 0 Å². The van der Waals surface area contributed by atoms with Gasteiger partial charge in [0.05, 0.1) is 0 Å². The van der Waals surface area contributed by atoms with Crippen molar-refractivity contribution in [2.24, 2.45) is 0 Å². The van der Waals surface area contributed by atoms with Crippen LogP contribution >= 0.6 is 18.6 Å². The normalized spacial score (nSPS) is 9.52.